The summed E-state index contributed by atoms with van der Waals surface area (Å²) in [6, 6.07) is 0. The molecule has 0 aromatic carbocycles. The minimum atomic E-state index is -0.349. The second-order valence-electron chi connectivity index (χ2n) is 19.5. The van der Waals surface area contributed by atoms with E-state index < -0.39 is 0 Å². The van der Waals surface area contributed by atoms with Crippen LogP contribution in [0.5, 0.6) is 0 Å². The van der Waals surface area contributed by atoms with Gasteiger partial charge in [0.15, 0.2) is 0 Å². The summed E-state index contributed by atoms with van der Waals surface area (Å²) in [4.78, 5) is 12.7. The first-order valence-corrected chi connectivity index (χ1v) is 22.2. The van der Waals surface area contributed by atoms with E-state index in [1.807, 2.05) is 0 Å². The number of epoxide rings is 2. The van der Waals surface area contributed by atoms with Crippen molar-refractivity contribution in [2.24, 2.45) is 10.8 Å². The summed E-state index contributed by atoms with van der Waals surface area (Å²) in [7, 11) is 0. The molecule has 0 spiro atoms. The normalized spacial score (nSPS) is 32.8. The maximum atomic E-state index is 12.7. The molecule has 1 N–H and O–H groups in total. The number of aliphatic hydroxyl groups excluding tert-OH is 1. The largest absolute Gasteiger partial charge is 0.462 e. The lowest BCUT2D eigenvalue weighted by molar-refractivity contribution is -0.152. The lowest BCUT2D eigenvalue weighted by atomic mass is 9.63. The van der Waals surface area contributed by atoms with Gasteiger partial charge in [0, 0.05) is 30.1 Å². The van der Waals surface area contributed by atoms with E-state index in [1.165, 1.54) is 56.1 Å². The van der Waals surface area contributed by atoms with Gasteiger partial charge in [-0.15, -0.1) is 0 Å². The summed E-state index contributed by atoms with van der Waals surface area (Å²) >= 11 is 0. The topological polar surface area (TPSA) is 71.6 Å². The van der Waals surface area contributed by atoms with Gasteiger partial charge in [-0.2, -0.15) is 0 Å². The Morgan fingerprint density at radius 1 is 0.579 bits per heavy atom. The molecule has 2 heterocycles. The number of hydrogen-bond acceptors (Lipinski definition) is 5. The third-order valence-corrected chi connectivity index (χ3v) is 13.2. The minimum absolute atomic E-state index is 0.0531. The molecule has 0 aromatic rings. The van der Waals surface area contributed by atoms with Crippen molar-refractivity contribution in [3.05, 3.63) is 107 Å². The Hall–Kier alpha value is -2.99. The van der Waals surface area contributed by atoms with E-state index in [9.17, 15) is 9.90 Å². The van der Waals surface area contributed by atoms with E-state index >= 15 is 0 Å². The van der Waals surface area contributed by atoms with E-state index in [4.69, 9.17) is 14.2 Å². The third kappa shape index (κ3) is 12.0. The standard InChI is InChI=1S/C52H78O5/c1-12-13-14-15-16-17-18-19-20-31-46(54)55-45-38-48(8,9)52(50(11,39-45)57-52)35-33-43(5)30-24-28-41(3)26-22-21-25-40(2)27-23-29-42(4)32-34-51-47(6,7)36-44(53)37-49(51,10)56-51/h21-30,32-35,44-45,53H,12-20,31,36-39H2,1-11H3/b22-21+,27-23+,28-24+,34-32+,35-33+,40-25+,41-26+,42-29+,43-30+/t44-,45-,49+,50+,51-,52-/m0/s1. The lowest BCUT2D eigenvalue weighted by Crippen LogP contribution is -2.47. The molecule has 6 atom stereocenters. The highest BCUT2D eigenvalue weighted by atomic mass is 16.6. The average Bonchev–Trinajstić information content (AvgIpc) is 3.96. The number of rotatable bonds is 21. The van der Waals surface area contributed by atoms with E-state index in [1.54, 1.807) is 0 Å². The van der Waals surface area contributed by atoms with Gasteiger partial charge in [-0.3, -0.25) is 4.79 Å². The van der Waals surface area contributed by atoms with Gasteiger partial charge in [0.25, 0.3) is 0 Å². The van der Waals surface area contributed by atoms with Crippen LogP contribution in [0, 0.1) is 10.8 Å². The molecule has 2 aliphatic heterocycles. The Morgan fingerprint density at radius 3 is 1.47 bits per heavy atom. The van der Waals surface area contributed by atoms with Crippen LogP contribution in [0.4, 0.5) is 0 Å². The van der Waals surface area contributed by atoms with Gasteiger partial charge < -0.3 is 19.3 Å². The van der Waals surface area contributed by atoms with Crippen LogP contribution in [0.1, 0.15) is 166 Å². The molecule has 57 heavy (non-hydrogen) atoms. The second-order valence-corrected chi connectivity index (χ2v) is 19.5. The maximum absolute atomic E-state index is 12.7. The molecule has 0 radical (unpaired) electrons. The fourth-order valence-electron chi connectivity index (χ4n) is 9.86. The smallest absolute Gasteiger partial charge is 0.306 e. The van der Waals surface area contributed by atoms with E-state index in [0.29, 0.717) is 12.8 Å². The number of ether oxygens (including phenoxy) is 3. The predicted molar refractivity (Wildman–Crippen MR) is 239 cm³/mol. The molecule has 4 aliphatic rings. The molecule has 316 valence electrons. The van der Waals surface area contributed by atoms with Gasteiger partial charge in [-0.25, -0.2) is 0 Å². The molecule has 0 bridgehead atoms. The molecular weight excluding hydrogens is 705 g/mol. The van der Waals surface area contributed by atoms with Crippen molar-refractivity contribution >= 4 is 5.97 Å². The van der Waals surface area contributed by atoms with Crippen LogP contribution in [-0.4, -0.2) is 45.7 Å². The van der Waals surface area contributed by atoms with Crippen molar-refractivity contribution in [3.63, 3.8) is 0 Å². The van der Waals surface area contributed by atoms with Crippen molar-refractivity contribution in [2.45, 2.75) is 201 Å². The number of allylic oxidation sites excluding steroid dienone is 16. The molecule has 2 aliphatic carbocycles. The fourth-order valence-corrected chi connectivity index (χ4v) is 9.86. The molecule has 0 amide bonds. The van der Waals surface area contributed by atoms with Gasteiger partial charge in [0.1, 0.15) is 28.5 Å². The number of fused-ring (bicyclic) bond motifs is 2. The van der Waals surface area contributed by atoms with E-state index in [-0.39, 0.29) is 51.4 Å². The molecule has 5 heteroatoms. The number of carbonyl (C=O) groups excluding carboxylic acids is 1. The Morgan fingerprint density at radius 2 is 1.00 bits per heavy atom. The number of carbonyl (C=O) groups is 1. The molecule has 5 nitrogen and oxygen atoms in total. The summed E-state index contributed by atoms with van der Waals surface area (Å²) in [6.45, 7) is 23.9. The summed E-state index contributed by atoms with van der Waals surface area (Å²) in [5.41, 5.74) is 3.16. The lowest BCUT2D eigenvalue weighted by Gasteiger charge is -2.40. The second kappa shape index (κ2) is 19.8. The fraction of sp³-hybridized carbons (Fsp3) is 0.635. The van der Waals surface area contributed by atoms with Crippen molar-refractivity contribution in [3.8, 4) is 0 Å². The molecule has 0 aromatic heterocycles. The van der Waals surface area contributed by atoms with Crippen LogP contribution in [0.15, 0.2) is 107 Å². The minimum Gasteiger partial charge on any atom is -0.462 e. The zero-order valence-corrected chi connectivity index (χ0v) is 37.7. The summed E-state index contributed by atoms with van der Waals surface area (Å²) in [5.74, 6) is -0.0531. The van der Waals surface area contributed by atoms with Crippen LogP contribution in [0.3, 0.4) is 0 Å². The summed E-state index contributed by atoms with van der Waals surface area (Å²) in [6.07, 6.45) is 44.2. The van der Waals surface area contributed by atoms with Gasteiger partial charge in [-0.1, -0.05) is 181 Å². The van der Waals surface area contributed by atoms with Gasteiger partial charge >= 0.3 is 5.97 Å². The van der Waals surface area contributed by atoms with Crippen molar-refractivity contribution < 1.29 is 24.1 Å². The average molecular weight is 783 g/mol. The first-order chi connectivity index (χ1) is 26.8. The Bertz CT molecular complexity index is 1660. The van der Waals surface area contributed by atoms with Crippen LogP contribution in [-0.2, 0) is 19.0 Å². The zero-order chi connectivity index (χ0) is 42.0. The Kier molecular flexibility index (Phi) is 16.3. The SMILES string of the molecule is CCCCCCCCCCCC(=O)O[C@H]1CC(C)(C)[C@]2(/C=C/C(C)=C/C=C/C(C)=C/C=C/C=C(C)/C=C/C=C(C)/C=C/[C@@]34O[C@]3(C)C[C@@H](O)CC4(C)C)O[C@]2(C)C1. The first-order valence-electron chi connectivity index (χ1n) is 22.2. The number of esters is 1. The maximum Gasteiger partial charge on any atom is 0.306 e. The highest BCUT2D eigenvalue weighted by Gasteiger charge is 2.76. The molecular formula is C52H78O5. The van der Waals surface area contributed by atoms with E-state index in [0.717, 1.165) is 43.3 Å². The number of hydrogen-bond donors (Lipinski definition) is 1. The molecule has 4 rings (SSSR count). The Balaban J connectivity index is 1.19. The Labute approximate surface area is 347 Å². The number of aliphatic hydroxyl groups is 1. The molecule has 4 fully saturated rings. The van der Waals surface area contributed by atoms with Gasteiger partial charge in [-0.05, 0) is 73.0 Å². The van der Waals surface area contributed by atoms with Crippen LogP contribution in [0.25, 0.3) is 0 Å². The van der Waals surface area contributed by atoms with Crippen molar-refractivity contribution in [1.82, 2.24) is 0 Å². The van der Waals surface area contributed by atoms with Crippen LogP contribution >= 0.6 is 0 Å². The van der Waals surface area contributed by atoms with Crippen LogP contribution in [0.2, 0.25) is 0 Å². The first kappa shape index (κ1) is 46.7. The summed E-state index contributed by atoms with van der Waals surface area (Å²) in [5, 5.41) is 10.3. The van der Waals surface area contributed by atoms with Crippen LogP contribution < -0.4 is 0 Å². The highest BCUT2D eigenvalue weighted by molar-refractivity contribution is 5.69. The van der Waals surface area contributed by atoms with Crippen molar-refractivity contribution in [2.75, 3.05) is 0 Å². The zero-order valence-electron chi connectivity index (χ0n) is 37.7. The number of unbranched alkanes of at least 4 members (excludes halogenated alkanes) is 8. The quantitative estimate of drug-likeness (QED) is 0.0543. The summed E-state index contributed by atoms with van der Waals surface area (Å²) < 4.78 is 18.8. The molecule has 2 saturated heterocycles. The van der Waals surface area contributed by atoms with E-state index in [2.05, 4.69) is 161 Å². The van der Waals surface area contributed by atoms with Gasteiger partial charge in [0.2, 0.25) is 0 Å². The highest BCUT2D eigenvalue weighted by Crippen LogP contribution is 2.67. The van der Waals surface area contributed by atoms with Crippen molar-refractivity contribution in [1.29, 1.82) is 0 Å². The predicted octanol–water partition coefficient (Wildman–Crippen LogP) is 13.4. The van der Waals surface area contributed by atoms with Gasteiger partial charge in [0.05, 0.1) is 6.10 Å². The molecule has 0 unspecified atom stereocenters. The third-order valence-electron chi connectivity index (χ3n) is 13.2. The monoisotopic (exact) mass is 783 g/mol. The molecule has 2 saturated carbocycles.